The maximum atomic E-state index is 12.7. The lowest BCUT2D eigenvalue weighted by atomic mass is 10.1. The minimum Gasteiger partial charge on any atom is -0.462 e. The number of hydrogen-bond donors (Lipinski definition) is 1. The molecule has 1 N–H and O–H groups in total. The van der Waals surface area contributed by atoms with Crippen molar-refractivity contribution in [3.8, 4) is 0 Å². The molecule has 0 radical (unpaired) electrons. The first-order chi connectivity index (χ1) is 12.7. The first-order valence-corrected chi connectivity index (χ1v) is 11.3. The molecule has 27 heavy (non-hydrogen) atoms. The van der Waals surface area contributed by atoms with Crippen LogP contribution in [0.1, 0.15) is 49.2 Å². The van der Waals surface area contributed by atoms with Gasteiger partial charge < -0.3 is 10.1 Å². The number of hydrogen-bond acceptors (Lipinski definition) is 6. The van der Waals surface area contributed by atoms with E-state index >= 15 is 0 Å². The number of aryl methyl sites for hydroxylation is 2. The van der Waals surface area contributed by atoms with Crippen LogP contribution in [-0.2, 0) is 26.7 Å². The van der Waals surface area contributed by atoms with Crippen molar-refractivity contribution >= 4 is 38.1 Å². The molecule has 0 saturated carbocycles. The van der Waals surface area contributed by atoms with Crippen molar-refractivity contribution in [1.29, 1.82) is 0 Å². The van der Waals surface area contributed by atoms with Crippen molar-refractivity contribution in [1.82, 2.24) is 0 Å². The molecule has 1 aromatic carbocycles. The standard InChI is InChI=1S/C19H21NO5S2/c1-4-25-19(22)16-14-5-6-27(23,24)10-15(14)26-18(16)20-17(21)13-8-11(2)7-12(3)9-13/h7-9H,4-6,10H2,1-3H3,(H,20,21). The summed E-state index contributed by atoms with van der Waals surface area (Å²) in [6.07, 6.45) is 0.252. The molecule has 144 valence electrons. The fourth-order valence-electron chi connectivity index (χ4n) is 3.21. The number of amides is 1. The fourth-order valence-corrected chi connectivity index (χ4v) is 6.24. The van der Waals surface area contributed by atoms with Crippen LogP contribution in [0.25, 0.3) is 0 Å². The summed E-state index contributed by atoms with van der Waals surface area (Å²) in [7, 11) is -3.18. The lowest BCUT2D eigenvalue weighted by Crippen LogP contribution is -2.20. The first kappa shape index (κ1) is 19.6. The largest absolute Gasteiger partial charge is 0.462 e. The zero-order chi connectivity index (χ0) is 19.8. The Bertz CT molecular complexity index is 1000. The Morgan fingerprint density at radius 3 is 2.48 bits per heavy atom. The molecule has 2 aromatic rings. The van der Waals surface area contributed by atoms with Crippen LogP contribution in [-0.4, -0.2) is 32.7 Å². The highest BCUT2D eigenvalue weighted by atomic mass is 32.2. The lowest BCUT2D eigenvalue weighted by molar-refractivity contribution is 0.0527. The number of carbonyl (C=O) groups is 2. The van der Waals surface area contributed by atoms with Crippen molar-refractivity contribution < 1.29 is 22.7 Å². The molecule has 0 aliphatic carbocycles. The third kappa shape index (κ3) is 4.22. The van der Waals surface area contributed by atoms with Crippen LogP contribution in [0.4, 0.5) is 5.00 Å². The quantitative estimate of drug-likeness (QED) is 0.786. The highest BCUT2D eigenvalue weighted by molar-refractivity contribution is 7.90. The zero-order valence-electron chi connectivity index (χ0n) is 15.4. The molecule has 0 atom stereocenters. The van der Waals surface area contributed by atoms with Crippen molar-refractivity contribution in [2.45, 2.75) is 32.9 Å². The normalized spacial score (nSPS) is 15.1. The summed E-state index contributed by atoms with van der Waals surface area (Å²) in [6, 6.07) is 5.50. The van der Waals surface area contributed by atoms with E-state index in [-0.39, 0.29) is 36.0 Å². The van der Waals surface area contributed by atoms with E-state index in [2.05, 4.69) is 5.32 Å². The molecule has 1 aromatic heterocycles. The van der Waals surface area contributed by atoms with Gasteiger partial charge in [-0.2, -0.15) is 0 Å². The molecule has 0 fully saturated rings. The monoisotopic (exact) mass is 407 g/mol. The predicted molar refractivity (Wildman–Crippen MR) is 105 cm³/mol. The zero-order valence-corrected chi connectivity index (χ0v) is 17.1. The van der Waals surface area contributed by atoms with Gasteiger partial charge in [0, 0.05) is 10.4 Å². The molecule has 1 aliphatic rings. The maximum Gasteiger partial charge on any atom is 0.341 e. The van der Waals surface area contributed by atoms with Gasteiger partial charge in [-0.1, -0.05) is 17.2 Å². The van der Waals surface area contributed by atoms with E-state index < -0.39 is 15.8 Å². The Balaban J connectivity index is 2.00. The second-order valence-electron chi connectivity index (χ2n) is 6.60. The summed E-state index contributed by atoms with van der Waals surface area (Å²) in [5.74, 6) is -0.995. The van der Waals surface area contributed by atoms with Crippen LogP contribution >= 0.6 is 11.3 Å². The summed E-state index contributed by atoms with van der Waals surface area (Å²) in [6.45, 7) is 5.71. The van der Waals surface area contributed by atoms with E-state index in [1.165, 1.54) is 0 Å². The number of anilines is 1. The van der Waals surface area contributed by atoms with Crippen LogP contribution in [0.15, 0.2) is 18.2 Å². The van der Waals surface area contributed by atoms with Crippen LogP contribution in [0, 0.1) is 13.8 Å². The Kier molecular flexibility index (Phi) is 5.39. The molecule has 2 heterocycles. The number of nitrogens with one attached hydrogen (secondary N) is 1. The van der Waals surface area contributed by atoms with Gasteiger partial charge in [-0.25, -0.2) is 13.2 Å². The number of sulfone groups is 1. The Hall–Kier alpha value is -2.19. The third-order valence-corrected chi connectivity index (χ3v) is 7.18. The van der Waals surface area contributed by atoms with E-state index in [4.69, 9.17) is 4.74 Å². The highest BCUT2D eigenvalue weighted by Crippen LogP contribution is 2.38. The molecular weight excluding hydrogens is 386 g/mol. The van der Waals surface area contributed by atoms with Gasteiger partial charge in [-0.15, -0.1) is 11.3 Å². The van der Waals surface area contributed by atoms with Gasteiger partial charge in [0.2, 0.25) is 0 Å². The Morgan fingerprint density at radius 1 is 1.19 bits per heavy atom. The molecule has 0 spiro atoms. The van der Waals surface area contributed by atoms with Gasteiger partial charge >= 0.3 is 5.97 Å². The Labute approximate surface area is 162 Å². The SMILES string of the molecule is CCOC(=O)c1c(NC(=O)c2cc(C)cc(C)c2)sc2c1CCS(=O)(=O)C2. The van der Waals surface area contributed by atoms with Crippen LogP contribution < -0.4 is 5.32 Å². The van der Waals surface area contributed by atoms with Crippen molar-refractivity contribution in [2.75, 3.05) is 17.7 Å². The van der Waals surface area contributed by atoms with E-state index in [1.54, 1.807) is 19.1 Å². The number of thiophene rings is 1. The number of carbonyl (C=O) groups excluding carboxylic acids is 2. The molecule has 1 aliphatic heterocycles. The first-order valence-electron chi connectivity index (χ1n) is 8.62. The molecule has 3 rings (SSSR count). The number of ether oxygens (including phenoxy) is 1. The molecule has 6 nitrogen and oxygen atoms in total. The van der Waals surface area contributed by atoms with Crippen molar-refractivity contribution in [2.24, 2.45) is 0 Å². The average Bonchev–Trinajstić information content (AvgIpc) is 2.89. The molecule has 0 unspecified atom stereocenters. The lowest BCUT2D eigenvalue weighted by Gasteiger charge is -2.13. The van der Waals surface area contributed by atoms with E-state index in [9.17, 15) is 18.0 Å². The molecule has 8 heteroatoms. The van der Waals surface area contributed by atoms with Crippen molar-refractivity contribution in [3.63, 3.8) is 0 Å². The van der Waals surface area contributed by atoms with Crippen LogP contribution in [0.3, 0.4) is 0 Å². The van der Waals surface area contributed by atoms with Crippen molar-refractivity contribution in [3.05, 3.63) is 50.9 Å². The molecule has 0 saturated heterocycles. The van der Waals surface area contributed by atoms with E-state index in [0.29, 0.717) is 21.0 Å². The Morgan fingerprint density at radius 2 is 1.85 bits per heavy atom. The summed E-state index contributed by atoms with van der Waals surface area (Å²) in [4.78, 5) is 25.8. The summed E-state index contributed by atoms with van der Waals surface area (Å²) in [5.41, 5.74) is 3.36. The van der Waals surface area contributed by atoms with Gasteiger partial charge in [-0.3, -0.25) is 4.79 Å². The van der Waals surface area contributed by atoms with Gasteiger partial charge in [0.25, 0.3) is 5.91 Å². The van der Waals surface area contributed by atoms with Gasteiger partial charge in [0.15, 0.2) is 9.84 Å². The smallest absolute Gasteiger partial charge is 0.341 e. The third-order valence-electron chi connectivity index (χ3n) is 4.30. The summed E-state index contributed by atoms with van der Waals surface area (Å²) >= 11 is 1.14. The van der Waals surface area contributed by atoms with Gasteiger partial charge in [0.05, 0.1) is 23.7 Å². The van der Waals surface area contributed by atoms with E-state index in [0.717, 1.165) is 22.5 Å². The maximum absolute atomic E-state index is 12.7. The molecular formula is C19H21NO5S2. The van der Waals surface area contributed by atoms with Gasteiger partial charge in [-0.05, 0) is 44.9 Å². The minimum absolute atomic E-state index is 0.00635. The second kappa shape index (κ2) is 7.44. The number of benzene rings is 1. The minimum atomic E-state index is -3.18. The van der Waals surface area contributed by atoms with E-state index in [1.807, 2.05) is 19.9 Å². The predicted octanol–water partition coefficient (Wildman–Crippen LogP) is 3.26. The number of fused-ring (bicyclic) bond motifs is 1. The van der Waals surface area contributed by atoms with Crippen LogP contribution in [0.2, 0.25) is 0 Å². The fraction of sp³-hybridized carbons (Fsp3) is 0.368. The highest BCUT2D eigenvalue weighted by Gasteiger charge is 2.32. The topological polar surface area (TPSA) is 89.5 Å². The average molecular weight is 408 g/mol. The molecule has 1 amide bonds. The number of rotatable bonds is 4. The second-order valence-corrected chi connectivity index (χ2v) is 9.89. The van der Waals surface area contributed by atoms with Crippen LogP contribution in [0.5, 0.6) is 0 Å². The summed E-state index contributed by atoms with van der Waals surface area (Å²) < 4.78 is 29.0. The molecule has 0 bridgehead atoms. The summed E-state index contributed by atoms with van der Waals surface area (Å²) in [5, 5.41) is 3.14. The van der Waals surface area contributed by atoms with Gasteiger partial charge in [0.1, 0.15) is 5.00 Å². The number of esters is 1.